The Bertz CT molecular complexity index is 1160. The molecule has 0 aliphatic heterocycles. The summed E-state index contributed by atoms with van der Waals surface area (Å²) >= 11 is 7.68. The minimum atomic E-state index is -4.43. The first kappa shape index (κ1) is 18.1. The number of benzene rings is 1. The lowest BCUT2D eigenvalue weighted by atomic mass is 10.1. The number of thioether (sulfide) groups is 1. The monoisotopic (exact) mass is 408 g/mol. The highest BCUT2D eigenvalue weighted by atomic mass is 35.5. The summed E-state index contributed by atoms with van der Waals surface area (Å²) in [6.07, 6.45) is -3.43. The number of fused-ring (bicyclic) bond motifs is 2. The van der Waals surface area contributed by atoms with E-state index in [1.54, 1.807) is 0 Å². The quantitative estimate of drug-likeness (QED) is 0.417. The molecule has 0 aliphatic rings. The summed E-state index contributed by atoms with van der Waals surface area (Å²) in [6.45, 7) is 1.92. The Balaban J connectivity index is 1.68. The normalized spacial score (nSPS) is 12.2. The van der Waals surface area contributed by atoms with Crippen molar-refractivity contribution < 1.29 is 13.2 Å². The Kier molecular flexibility index (Phi) is 4.47. The summed E-state index contributed by atoms with van der Waals surface area (Å²) in [7, 11) is 0. The number of pyridine rings is 2. The average Bonchev–Trinajstić information content (AvgIpc) is 3.05. The predicted octanol–water partition coefficient (Wildman–Crippen LogP) is 5.55. The zero-order valence-electron chi connectivity index (χ0n) is 14.0. The van der Waals surface area contributed by atoms with Crippen LogP contribution in [0.2, 0.25) is 5.02 Å². The smallest absolute Gasteiger partial charge is 0.277 e. The number of rotatable bonds is 3. The maximum absolute atomic E-state index is 13.0. The van der Waals surface area contributed by atoms with Gasteiger partial charge in [0.15, 0.2) is 10.8 Å². The van der Waals surface area contributed by atoms with Gasteiger partial charge in [-0.15, -0.1) is 10.2 Å². The fraction of sp³-hybridized carbons (Fsp3) is 0.167. The molecule has 138 valence electrons. The van der Waals surface area contributed by atoms with Crippen LogP contribution in [0.4, 0.5) is 13.2 Å². The van der Waals surface area contributed by atoms with Crippen LogP contribution in [0.3, 0.4) is 0 Å². The van der Waals surface area contributed by atoms with E-state index < -0.39 is 11.7 Å². The van der Waals surface area contributed by atoms with Gasteiger partial charge in [-0.3, -0.25) is 9.38 Å². The average molecular weight is 409 g/mol. The summed E-state index contributed by atoms with van der Waals surface area (Å²) in [5.74, 6) is 0.363. The first-order valence-electron chi connectivity index (χ1n) is 7.93. The van der Waals surface area contributed by atoms with Gasteiger partial charge in [0.1, 0.15) is 0 Å². The van der Waals surface area contributed by atoms with Gasteiger partial charge in [0.25, 0.3) is 0 Å². The Morgan fingerprint density at radius 2 is 1.89 bits per heavy atom. The van der Waals surface area contributed by atoms with Gasteiger partial charge in [-0.1, -0.05) is 41.6 Å². The SMILES string of the molecule is Cc1c(Cl)c(CSc2nnc3ccc(C(F)(F)F)cn23)nc2ccccc12. The molecule has 0 saturated heterocycles. The molecule has 0 aliphatic carbocycles. The first-order chi connectivity index (χ1) is 12.8. The third kappa shape index (κ3) is 3.35. The Hall–Kier alpha value is -2.32. The van der Waals surface area contributed by atoms with Crippen molar-refractivity contribution in [2.24, 2.45) is 0 Å². The standard InChI is InChI=1S/C18H12ClF3N4S/c1-10-12-4-2-3-5-13(12)23-14(16(10)19)9-27-17-25-24-15-7-6-11(8-26(15)17)18(20,21)22/h2-8H,9H2,1H3. The second-order valence-electron chi connectivity index (χ2n) is 5.93. The number of hydrogen-bond donors (Lipinski definition) is 0. The molecule has 0 fully saturated rings. The second-order valence-corrected chi connectivity index (χ2v) is 7.25. The second kappa shape index (κ2) is 6.69. The molecule has 27 heavy (non-hydrogen) atoms. The molecule has 3 heterocycles. The van der Waals surface area contributed by atoms with E-state index in [0.29, 0.717) is 27.3 Å². The summed E-state index contributed by atoms with van der Waals surface area (Å²) in [6, 6.07) is 9.95. The van der Waals surface area contributed by atoms with Crippen LogP contribution in [0.15, 0.2) is 47.8 Å². The number of nitrogens with zero attached hydrogens (tertiary/aromatic N) is 4. The molecular weight excluding hydrogens is 397 g/mol. The zero-order valence-corrected chi connectivity index (χ0v) is 15.5. The number of hydrogen-bond acceptors (Lipinski definition) is 4. The van der Waals surface area contributed by atoms with Gasteiger partial charge in [-0.05, 0) is 30.7 Å². The van der Waals surface area contributed by atoms with E-state index in [2.05, 4.69) is 15.2 Å². The highest BCUT2D eigenvalue weighted by Gasteiger charge is 2.31. The number of halogens is 4. The molecular formula is C18H12ClF3N4S. The van der Waals surface area contributed by atoms with E-state index in [0.717, 1.165) is 28.7 Å². The van der Waals surface area contributed by atoms with Crippen LogP contribution in [-0.4, -0.2) is 19.6 Å². The van der Waals surface area contributed by atoms with Crippen LogP contribution >= 0.6 is 23.4 Å². The molecule has 4 aromatic rings. The van der Waals surface area contributed by atoms with Crippen molar-refractivity contribution in [3.05, 3.63) is 64.4 Å². The van der Waals surface area contributed by atoms with E-state index in [-0.39, 0.29) is 0 Å². The number of alkyl halides is 3. The van der Waals surface area contributed by atoms with E-state index >= 15 is 0 Å². The minimum Gasteiger partial charge on any atom is -0.277 e. The third-order valence-electron chi connectivity index (χ3n) is 4.18. The molecule has 0 bridgehead atoms. The van der Waals surface area contributed by atoms with Crippen LogP contribution in [0.1, 0.15) is 16.8 Å². The molecule has 0 amide bonds. The third-order valence-corrected chi connectivity index (χ3v) is 5.64. The van der Waals surface area contributed by atoms with E-state index in [1.807, 2.05) is 31.2 Å². The maximum atomic E-state index is 13.0. The van der Waals surface area contributed by atoms with Crippen molar-refractivity contribution in [1.82, 2.24) is 19.6 Å². The van der Waals surface area contributed by atoms with Crippen LogP contribution < -0.4 is 0 Å². The lowest BCUT2D eigenvalue weighted by molar-refractivity contribution is -0.137. The topological polar surface area (TPSA) is 43.1 Å². The van der Waals surface area contributed by atoms with Crippen molar-refractivity contribution >= 4 is 39.9 Å². The van der Waals surface area contributed by atoms with E-state index in [4.69, 9.17) is 11.6 Å². The largest absolute Gasteiger partial charge is 0.417 e. The fourth-order valence-corrected chi connectivity index (χ4v) is 3.93. The van der Waals surface area contributed by atoms with Crippen molar-refractivity contribution in [2.45, 2.75) is 24.0 Å². The zero-order chi connectivity index (χ0) is 19.2. The summed E-state index contributed by atoms with van der Waals surface area (Å²) in [5.41, 5.74) is 1.99. The molecule has 0 atom stereocenters. The predicted molar refractivity (Wildman–Crippen MR) is 99.0 cm³/mol. The van der Waals surface area contributed by atoms with Crippen molar-refractivity contribution in [2.75, 3.05) is 0 Å². The van der Waals surface area contributed by atoms with Gasteiger partial charge in [0.05, 0.1) is 21.8 Å². The first-order valence-corrected chi connectivity index (χ1v) is 9.29. The van der Waals surface area contributed by atoms with Crippen LogP contribution in [0.25, 0.3) is 16.6 Å². The molecule has 0 spiro atoms. The van der Waals surface area contributed by atoms with Crippen LogP contribution in [-0.2, 0) is 11.9 Å². The van der Waals surface area contributed by atoms with Crippen molar-refractivity contribution in [3.63, 3.8) is 0 Å². The molecule has 3 aromatic heterocycles. The molecule has 0 radical (unpaired) electrons. The van der Waals surface area contributed by atoms with Crippen LogP contribution in [0, 0.1) is 6.92 Å². The van der Waals surface area contributed by atoms with E-state index in [9.17, 15) is 13.2 Å². The van der Waals surface area contributed by atoms with E-state index in [1.165, 1.54) is 22.2 Å². The molecule has 0 saturated carbocycles. The number of aromatic nitrogens is 4. The summed E-state index contributed by atoms with van der Waals surface area (Å²) in [5, 5.41) is 9.77. The molecule has 4 rings (SSSR count). The lowest BCUT2D eigenvalue weighted by Gasteiger charge is -2.10. The van der Waals surface area contributed by atoms with Gasteiger partial charge in [0.2, 0.25) is 0 Å². The summed E-state index contributed by atoms with van der Waals surface area (Å²) in [4.78, 5) is 4.58. The van der Waals surface area contributed by atoms with Crippen molar-refractivity contribution in [1.29, 1.82) is 0 Å². The highest BCUT2D eigenvalue weighted by Crippen LogP contribution is 2.33. The van der Waals surface area contributed by atoms with Gasteiger partial charge in [-0.25, -0.2) is 0 Å². The lowest BCUT2D eigenvalue weighted by Crippen LogP contribution is -2.06. The highest BCUT2D eigenvalue weighted by molar-refractivity contribution is 7.98. The van der Waals surface area contributed by atoms with Gasteiger partial charge >= 0.3 is 6.18 Å². The molecule has 0 unspecified atom stereocenters. The van der Waals surface area contributed by atoms with Crippen molar-refractivity contribution in [3.8, 4) is 0 Å². The van der Waals surface area contributed by atoms with Gasteiger partial charge in [0, 0.05) is 17.3 Å². The maximum Gasteiger partial charge on any atom is 0.417 e. The fourth-order valence-electron chi connectivity index (χ4n) is 2.78. The van der Waals surface area contributed by atoms with Gasteiger partial charge in [-0.2, -0.15) is 13.2 Å². The molecule has 1 aromatic carbocycles. The number of para-hydroxylation sites is 1. The summed E-state index contributed by atoms with van der Waals surface area (Å²) < 4.78 is 40.2. The molecule has 0 N–H and O–H groups in total. The number of aryl methyl sites for hydroxylation is 1. The Labute approximate surface area is 161 Å². The Morgan fingerprint density at radius 3 is 2.67 bits per heavy atom. The van der Waals surface area contributed by atoms with Crippen LogP contribution in [0.5, 0.6) is 0 Å². The Morgan fingerprint density at radius 1 is 1.11 bits per heavy atom. The van der Waals surface area contributed by atoms with Gasteiger partial charge < -0.3 is 0 Å². The molecule has 9 heteroatoms. The molecule has 4 nitrogen and oxygen atoms in total. The minimum absolute atomic E-state index is 0.347.